The number of carbonyl (C=O) groups excluding carboxylic acids is 2. The Morgan fingerprint density at radius 2 is 1.95 bits per heavy atom. The number of primary amides is 1. The lowest BCUT2D eigenvalue weighted by Crippen LogP contribution is -2.44. The molecule has 2 rings (SSSR count). The fourth-order valence-corrected chi connectivity index (χ4v) is 2.31. The Kier molecular flexibility index (Phi) is 3.15. The van der Waals surface area contributed by atoms with Gasteiger partial charge in [0.15, 0.2) is 0 Å². The number of carboxylic acid groups (broad SMARTS) is 1. The Morgan fingerprint density at radius 3 is 2.37 bits per heavy atom. The van der Waals surface area contributed by atoms with E-state index in [0.717, 1.165) is 0 Å². The average molecular weight is 269 g/mol. The second-order valence-corrected chi connectivity index (χ2v) is 5.84. The first kappa shape index (κ1) is 13.6. The second-order valence-electron chi connectivity index (χ2n) is 5.84. The van der Waals surface area contributed by atoms with Crippen LogP contribution in [0.1, 0.15) is 26.2 Å². The summed E-state index contributed by atoms with van der Waals surface area (Å²) in [7, 11) is 0. The van der Waals surface area contributed by atoms with Crippen LogP contribution in [0.4, 0.5) is 4.79 Å². The van der Waals surface area contributed by atoms with E-state index in [0.29, 0.717) is 25.8 Å². The molecule has 7 heteroatoms. The van der Waals surface area contributed by atoms with Gasteiger partial charge in [-0.1, -0.05) is 0 Å². The van der Waals surface area contributed by atoms with E-state index >= 15 is 0 Å². The van der Waals surface area contributed by atoms with Gasteiger partial charge in [0, 0.05) is 19.6 Å². The molecule has 0 aromatic rings. The first-order valence-corrected chi connectivity index (χ1v) is 6.35. The number of likely N-dealkylation sites (tertiary alicyclic amines) is 1. The average Bonchev–Trinajstić information content (AvgIpc) is 3.03. The number of hydrogen-bond acceptors (Lipinski definition) is 3. The van der Waals surface area contributed by atoms with Crippen molar-refractivity contribution in [2.75, 3.05) is 19.6 Å². The molecule has 19 heavy (non-hydrogen) atoms. The molecular weight excluding hydrogens is 250 g/mol. The van der Waals surface area contributed by atoms with Gasteiger partial charge in [-0.15, -0.1) is 0 Å². The Labute approximate surface area is 111 Å². The van der Waals surface area contributed by atoms with Gasteiger partial charge in [-0.3, -0.25) is 9.59 Å². The van der Waals surface area contributed by atoms with E-state index in [9.17, 15) is 14.4 Å². The topological polar surface area (TPSA) is 113 Å². The summed E-state index contributed by atoms with van der Waals surface area (Å²) in [6.45, 7) is 2.63. The van der Waals surface area contributed by atoms with E-state index in [2.05, 4.69) is 5.32 Å². The van der Waals surface area contributed by atoms with Crippen LogP contribution in [-0.2, 0) is 9.59 Å². The maximum Gasteiger partial charge on any atom is 0.317 e. The highest BCUT2D eigenvalue weighted by atomic mass is 16.4. The van der Waals surface area contributed by atoms with E-state index < -0.39 is 22.7 Å². The smallest absolute Gasteiger partial charge is 0.317 e. The lowest BCUT2D eigenvalue weighted by molar-refractivity contribution is -0.143. The minimum atomic E-state index is -0.865. The van der Waals surface area contributed by atoms with Crippen molar-refractivity contribution in [1.82, 2.24) is 10.2 Å². The number of carbonyl (C=O) groups is 3. The second kappa shape index (κ2) is 4.40. The number of carboxylic acids is 1. The number of nitrogens with zero attached hydrogens (tertiary/aromatic N) is 1. The molecule has 0 radical (unpaired) electrons. The fourth-order valence-electron chi connectivity index (χ4n) is 2.31. The summed E-state index contributed by atoms with van der Waals surface area (Å²) in [6, 6.07) is -0.322. The van der Waals surface area contributed by atoms with E-state index in [1.165, 1.54) is 4.90 Å². The lowest BCUT2D eigenvalue weighted by Gasteiger charge is -2.22. The first-order chi connectivity index (χ1) is 8.79. The largest absolute Gasteiger partial charge is 0.481 e. The third-order valence-electron chi connectivity index (χ3n) is 4.24. The van der Waals surface area contributed by atoms with E-state index in [1.807, 2.05) is 0 Å². The summed E-state index contributed by atoms with van der Waals surface area (Å²) in [6.07, 6.45) is 1.74. The summed E-state index contributed by atoms with van der Waals surface area (Å²) < 4.78 is 0. The molecule has 0 bridgehead atoms. The third-order valence-corrected chi connectivity index (χ3v) is 4.24. The first-order valence-electron chi connectivity index (χ1n) is 6.35. The van der Waals surface area contributed by atoms with Gasteiger partial charge < -0.3 is 21.1 Å². The molecule has 4 N–H and O–H groups in total. The van der Waals surface area contributed by atoms with Gasteiger partial charge in [-0.2, -0.15) is 0 Å². The summed E-state index contributed by atoms with van der Waals surface area (Å²) in [4.78, 5) is 35.7. The molecule has 0 aromatic heterocycles. The Bertz CT molecular complexity index is 433. The molecule has 1 aliphatic carbocycles. The number of nitrogens with one attached hydrogen (secondary N) is 1. The predicted molar refractivity (Wildman–Crippen MR) is 66.2 cm³/mol. The van der Waals surface area contributed by atoms with Gasteiger partial charge in [0.25, 0.3) is 0 Å². The van der Waals surface area contributed by atoms with Gasteiger partial charge in [0.05, 0.1) is 10.8 Å². The van der Waals surface area contributed by atoms with Crippen LogP contribution < -0.4 is 11.1 Å². The predicted octanol–water partition coefficient (Wildman–Crippen LogP) is -0.242. The maximum absolute atomic E-state index is 11.9. The van der Waals surface area contributed by atoms with Crippen LogP contribution in [-0.4, -0.2) is 47.5 Å². The Balaban J connectivity index is 1.86. The maximum atomic E-state index is 11.9. The van der Waals surface area contributed by atoms with Gasteiger partial charge in [-0.25, -0.2) is 4.79 Å². The summed E-state index contributed by atoms with van der Waals surface area (Å²) in [5.74, 6) is -1.27. The summed E-state index contributed by atoms with van der Waals surface area (Å²) in [5.41, 5.74) is 3.86. The van der Waals surface area contributed by atoms with Crippen molar-refractivity contribution in [3.63, 3.8) is 0 Å². The summed E-state index contributed by atoms with van der Waals surface area (Å²) >= 11 is 0. The molecule has 2 fully saturated rings. The van der Waals surface area contributed by atoms with Crippen molar-refractivity contribution in [1.29, 1.82) is 0 Å². The molecule has 0 spiro atoms. The molecular formula is C12H19N3O4. The minimum absolute atomic E-state index is 0.144. The zero-order valence-corrected chi connectivity index (χ0v) is 10.9. The number of urea groups is 1. The number of amides is 3. The zero-order chi connectivity index (χ0) is 14.3. The van der Waals surface area contributed by atoms with Crippen molar-refractivity contribution in [3.05, 3.63) is 0 Å². The number of rotatable bonds is 4. The standard InChI is InChI=1S/C12H19N3O4/c1-11(8(13)16)4-5-15(7-11)10(19)14-6-12(2-3-12)9(17)18/h2-7H2,1H3,(H2,13,16)(H,14,19)(H,17,18). The molecule has 1 atom stereocenters. The van der Waals surface area contributed by atoms with Crippen LogP contribution in [0.5, 0.6) is 0 Å². The number of aliphatic carboxylic acids is 1. The highest BCUT2D eigenvalue weighted by molar-refractivity contribution is 5.84. The van der Waals surface area contributed by atoms with E-state index in [-0.39, 0.29) is 19.1 Å². The normalized spacial score (nSPS) is 27.9. The van der Waals surface area contributed by atoms with Crippen LogP contribution >= 0.6 is 0 Å². The molecule has 2 aliphatic rings. The number of hydrogen-bond donors (Lipinski definition) is 3. The molecule has 106 valence electrons. The molecule has 1 saturated carbocycles. The van der Waals surface area contributed by atoms with Gasteiger partial charge in [-0.05, 0) is 26.2 Å². The molecule has 1 heterocycles. The van der Waals surface area contributed by atoms with E-state index in [1.54, 1.807) is 6.92 Å². The van der Waals surface area contributed by atoms with Crippen LogP contribution in [0, 0.1) is 10.8 Å². The van der Waals surface area contributed by atoms with Gasteiger partial charge in [0.1, 0.15) is 0 Å². The molecule has 0 aromatic carbocycles. The molecule has 1 saturated heterocycles. The van der Waals surface area contributed by atoms with Gasteiger partial charge in [0.2, 0.25) is 5.91 Å². The Morgan fingerprint density at radius 1 is 1.32 bits per heavy atom. The van der Waals surface area contributed by atoms with Crippen molar-refractivity contribution >= 4 is 17.9 Å². The summed E-state index contributed by atoms with van der Waals surface area (Å²) in [5, 5.41) is 11.7. The monoisotopic (exact) mass is 269 g/mol. The number of nitrogens with two attached hydrogens (primary N) is 1. The highest BCUT2D eigenvalue weighted by Gasteiger charge is 2.50. The zero-order valence-electron chi connectivity index (χ0n) is 10.9. The Hall–Kier alpha value is -1.79. The minimum Gasteiger partial charge on any atom is -0.481 e. The van der Waals surface area contributed by atoms with Crippen LogP contribution in [0.25, 0.3) is 0 Å². The van der Waals surface area contributed by atoms with Crippen LogP contribution in [0.3, 0.4) is 0 Å². The highest BCUT2D eigenvalue weighted by Crippen LogP contribution is 2.45. The van der Waals surface area contributed by atoms with Crippen LogP contribution in [0.15, 0.2) is 0 Å². The van der Waals surface area contributed by atoms with Crippen molar-refractivity contribution in [2.24, 2.45) is 16.6 Å². The molecule has 1 aliphatic heterocycles. The van der Waals surface area contributed by atoms with Crippen molar-refractivity contribution in [2.45, 2.75) is 26.2 Å². The third kappa shape index (κ3) is 2.50. The lowest BCUT2D eigenvalue weighted by atomic mass is 9.89. The molecule has 3 amide bonds. The van der Waals surface area contributed by atoms with Gasteiger partial charge >= 0.3 is 12.0 Å². The molecule has 1 unspecified atom stereocenters. The van der Waals surface area contributed by atoms with Crippen molar-refractivity contribution < 1.29 is 19.5 Å². The van der Waals surface area contributed by atoms with Crippen molar-refractivity contribution in [3.8, 4) is 0 Å². The molecule has 7 nitrogen and oxygen atoms in total. The quantitative estimate of drug-likeness (QED) is 0.653. The fraction of sp³-hybridized carbons (Fsp3) is 0.750. The SMILES string of the molecule is CC1(C(N)=O)CCN(C(=O)NCC2(C(=O)O)CC2)C1. The van der Waals surface area contributed by atoms with Crippen LogP contribution in [0.2, 0.25) is 0 Å². The van der Waals surface area contributed by atoms with E-state index in [4.69, 9.17) is 10.8 Å².